The van der Waals surface area contributed by atoms with E-state index in [0.29, 0.717) is 0 Å². The van der Waals surface area contributed by atoms with Crippen molar-refractivity contribution in [1.82, 2.24) is 15.1 Å². The highest BCUT2D eigenvalue weighted by molar-refractivity contribution is 4.84. The van der Waals surface area contributed by atoms with Crippen LogP contribution in [-0.4, -0.2) is 61.7 Å². The van der Waals surface area contributed by atoms with Crippen LogP contribution >= 0.6 is 0 Å². The molecule has 0 radical (unpaired) electrons. The Bertz CT molecular complexity index is 183. The molecule has 3 heteroatoms. The maximum atomic E-state index is 3.45. The highest BCUT2D eigenvalue weighted by Crippen LogP contribution is 2.17. The molecule has 0 amide bonds. The van der Waals surface area contributed by atoms with Gasteiger partial charge in [0.1, 0.15) is 0 Å². The van der Waals surface area contributed by atoms with Gasteiger partial charge in [-0.1, -0.05) is 0 Å². The van der Waals surface area contributed by atoms with E-state index < -0.39 is 0 Å². The van der Waals surface area contributed by atoms with Crippen LogP contribution in [0.15, 0.2) is 0 Å². The third-order valence-corrected chi connectivity index (χ3v) is 3.76. The van der Waals surface area contributed by atoms with E-state index in [0.717, 1.165) is 18.6 Å². The number of hydrogen-bond acceptors (Lipinski definition) is 3. The molecule has 0 aromatic rings. The fourth-order valence-electron chi connectivity index (χ4n) is 2.63. The third kappa shape index (κ3) is 2.27. The van der Waals surface area contributed by atoms with Gasteiger partial charge in [-0.2, -0.15) is 0 Å². The Labute approximate surface area is 87.4 Å². The average molecular weight is 197 g/mol. The Balaban J connectivity index is 1.83. The summed E-state index contributed by atoms with van der Waals surface area (Å²) in [4.78, 5) is 5.16. The topological polar surface area (TPSA) is 18.5 Å². The van der Waals surface area contributed by atoms with E-state index in [1.54, 1.807) is 0 Å². The van der Waals surface area contributed by atoms with Crippen LogP contribution in [0.4, 0.5) is 0 Å². The summed E-state index contributed by atoms with van der Waals surface area (Å²) in [6.45, 7) is 8.47. The van der Waals surface area contributed by atoms with Gasteiger partial charge in [-0.3, -0.25) is 4.90 Å². The lowest BCUT2D eigenvalue weighted by Crippen LogP contribution is -2.53. The number of piperazine rings is 1. The first-order valence-corrected chi connectivity index (χ1v) is 5.92. The van der Waals surface area contributed by atoms with E-state index in [9.17, 15) is 0 Å². The van der Waals surface area contributed by atoms with Gasteiger partial charge < -0.3 is 10.2 Å². The largest absolute Gasteiger partial charge is 0.314 e. The van der Waals surface area contributed by atoms with Crippen LogP contribution in [0.25, 0.3) is 0 Å². The zero-order chi connectivity index (χ0) is 9.97. The first-order chi connectivity index (χ1) is 6.77. The molecular weight excluding hydrogens is 174 g/mol. The summed E-state index contributed by atoms with van der Waals surface area (Å²) in [5.41, 5.74) is 0. The molecule has 2 unspecified atom stereocenters. The summed E-state index contributed by atoms with van der Waals surface area (Å²) in [5, 5.41) is 3.45. The minimum absolute atomic E-state index is 0.720. The molecule has 0 bridgehead atoms. The van der Waals surface area contributed by atoms with Gasteiger partial charge in [-0.05, 0) is 33.4 Å². The molecule has 0 aromatic heterocycles. The lowest BCUT2D eigenvalue weighted by molar-refractivity contribution is 0.132. The molecule has 14 heavy (non-hydrogen) atoms. The summed E-state index contributed by atoms with van der Waals surface area (Å²) in [6.07, 6.45) is 2.79. The van der Waals surface area contributed by atoms with Crippen LogP contribution in [0, 0.1) is 0 Å². The predicted molar refractivity (Wildman–Crippen MR) is 59.6 cm³/mol. The molecule has 2 saturated heterocycles. The molecule has 2 aliphatic rings. The van der Waals surface area contributed by atoms with Crippen LogP contribution in [0.5, 0.6) is 0 Å². The van der Waals surface area contributed by atoms with E-state index in [2.05, 4.69) is 29.1 Å². The Morgan fingerprint density at radius 3 is 2.86 bits per heavy atom. The fourth-order valence-corrected chi connectivity index (χ4v) is 2.63. The van der Waals surface area contributed by atoms with Gasteiger partial charge in [0.15, 0.2) is 0 Å². The SMILES string of the molecule is CC1CNCCN1CC1CCCN1C. The summed E-state index contributed by atoms with van der Waals surface area (Å²) < 4.78 is 0. The van der Waals surface area contributed by atoms with Crippen molar-refractivity contribution in [3.63, 3.8) is 0 Å². The molecular formula is C11H23N3. The van der Waals surface area contributed by atoms with Crippen LogP contribution in [-0.2, 0) is 0 Å². The summed E-state index contributed by atoms with van der Waals surface area (Å²) >= 11 is 0. The summed E-state index contributed by atoms with van der Waals surface area (Å²) in [6, 6.07) is 1.54. The molecule has 2 rings (SSSR count). The van der Waals surface area contributed by atoms with E-state index in [1.165, 1.54) is 39.0 Å². The van der Waals surface area contributed by atoms with Gasteiger partial charge >= 0.3 is 0 Å². The number of nitrogens with one attached hydrogen (secondary N) is 1. The van der Waals surface area contributed by atoms with Crippen molar-refractivity contribution in [3.05, 3.63) is 0 Å². The molecule has 0 aromatic carbocycles. The highest BCUT2D eigenvalue weighted by atomic mass is 15.3. The lowest BCUT2D eigenvalue weighted by Gasteiger charge is -2.37. The first kappa shape index (κ1) is 10.4. The second kappa shape index (κ2) is 4.60. The van der Waals surface area contributed by atoms with Crippen molar-refractivity contribution in [2.24, 2.45) is 0 Å². The van der Waals surface area contributed by atoms with Crippen LogP contribution in [0.1, 0.15) is 19.8 Å². The molecule has 3 nitrogen and oxygen atoms in total. The molecule has 2 aliphatic heterocycles. The molecule has 2 atom stereocenters. The van der Waals surface area contributed by atoms with Crippen LogP contribution in [0.3, 0.4) is 0 Å². The monoisotopic (exact) mass is 197 g/mol. The van der Waals surface area contributed by atoms with Crippen LogP contribution < -0.4 is 5.32 Å². The molecule has 2 fully saturated rings. The zero-order valence-electron chi connectivity index (χ0n) is 9.50. The number of rotatable bonds is 2. The predicted octanol–water partition coefficient (Wildman–Crippen LogP) is 0.374. The van der Waals surface area contributed by atoms with Crippen LogP contribution in [0.2, 0.25) is 0 Å². The standard InChI is InChI=1S/C11H23N3/c1-10-8-12-5-7-14(10)9-11-4-3-6-13(11)2/h10-12H,3-9H2,1-2H3. The van der Waals surface area contributed by atoms with Crippen molar-refractivity contribution in [1.29, 1.82) is 0 Å². The highest BCUT2D eigenvalue weighted by Gasteiger charge is 2.26. The molecule has 2 heterocycles. The van der Waals surface area contributed by atoms with E-state index >= 15 is 0 Å². The second-order valence-electron chi connectivity index (χ2n) is 4.82. The van der Waals surface area contributed by atoms with E-state index in [1.807, 2.05) is 0 Å². The Morgan fingerprint density at radius 2 is 2.21 bits per heavy atom. The second-order valence-corrected chi connectivity index (χ2v) is 4.82. The summed E-state index contributed by atoms with van der Waals surface area (Å²) in [7, 11) is 2.27. The Hall–Kier alpha value is -0.120. The minimum atomic E-state index is 0.720. The zero-order valence-corrected chi connectivity index (χ0v) is 9.50. The smallest absolute Gasteiger partial charge is 0.0220 e. The van der Waals surface area contributed by atoms with E-state index in [-0.39, 0.29) is 0 Å². The van der Waals surface area contributed by atoms with Crippen molar-refractivity contribution in [2.75, 3.05) is 39.8 Å². The quantitative estimate of drug-likeness (QED) is 0.690. The minimum Gasteiger partial charge on any atom is -0.314 e. The van der Waals surface area contributed by atoms with Gasteiger partial charge in [0.05, 0.1) is 0 Å². The van der Waals surface area contributed by atoms with Gasteiger partial charge in [0, 0.05) is 38.3 Å². The maximum Gasteiger partial charge on any atom is 0.0220 e. The molecule has 0 spiro atoms. The van der Waals surface area contributed by atoms with Crippen molar-refractivity contribution >= 4 is 0 Å². The van der Waals surface area contributed by atoms with Crippen molar-refractivity contribution in [2.45, 2.75) is 31.8 Å². The summed E-state index contributed by atoms with van der Waals surface area (Å²) in [5.74, 6) is 0. The van der Waals surface area contributed by atoms with Gasteiger partial charge in [-0.15, -0.1) is 0 Å². The van der Waals surface area contributed by atoms with Gasteiger partial charge in [0.25, 0.3) is 0 Å². The third-order valence-electron chi connectivity index (χ3n) is 3.76. The number of nitrogens with zero attached hydrogens (tertiary/aromatic N) is 2. The molecule has 1 N–H and O–H groups in total. The lowest BCUT2D eigenvalue weighted by atomic mass is 10.1. The Kier molecular flexibility index (Phi) is 3.42. The number of hydrogen-bond donors (Lipinski definition) is 1. The Morgan fingerprint density at radius 1 is 1.36 bits per heavy atom. The molecule has 0 aliphatic carbocycles. The maximum absolute atomic E-state index is 3.45. The van der Waals surface area contributed by atoms with Gasteiger partial charge in [0.2, 0.25) is 0 Å². The van der Waals surface area contributed by atoms with Gasteiger partial charge in [-0.25, -0.2) is 0 Å². The average Bonchev–Trinajstić information content (AvgIpc) is 2.56. The fraction of sp³-hybridized carbons (Fsp3) is 1.00. The van der Waals surface area contributed by atoms with E-state index in [4.69, 9.17) is 0 Å². The van der Waals surface area contributed by atoms with Crippen molar-refractivity contribution < 1.29 is 0 Å². The number of likely N-dealkylation sites (tertiary alicyclic amines) is 1. The number of likely N-dealkylation sites (N-methyl/N-ethyl adjacent to an activating group) is 1. The van der Waals surface area contributed by atoms with Crippen molar-refractivity contribution in [3.8, 4) is 0 Å². The normalized spacial score (nSPS) is 36.4. The molecule has 82 valence electrons. The molecule has 0 saturated carbocycles. The first-order valence-electron chi connectivity index (χ1n) is 5.92.